The highest BCUT2D eigenvalue weighted by Crippen LogP contribution is 2.26. The molecule has 2 aromatic rings. The molecule has 0 aliphatic carbocycles. The van der Waals surface area contributed by atoms with Gasteiger partial charge in [-0.15, -0.1) is 6.58 Å². The fourth-order valence-corrected chi connectivity index (χ4v) is 3.10. The second kappa shape index (κ2) is 7.10. The largest absolute Gasteiger partial charge is 0.476 e. The Balaban J connectivity index is 1.96. The van der Waals surface area contributed by atoms with Gasteiger partial charge in [-0.2, -0.15) is 5.10 Å². The van der Waals surface area contributed by atoms with Crippen molar-refractivity contribution >= 4 is 27.9 Å². The molecular weight excluding hydrogens is 388 g/mol. The number of nitrogens with one attached hydrogen (secondary N) is 1. The molecule has 0 fully saturated rings. The molecule has 0 atom stereocenters. The second-order valence-electron chi connectivity index (χ2n) is 5.61. The van der Waals surface area contributed by atoms with Crippen LogP contribution in [0.4, 0.5) is 4.79 Å². The third kappa shape index (κ3) is 3.43. The number of fused-ring (bicyclic) bond motifs is 1. The van der Waals surface area contributed by atoms with Gasteiger partial charge in [-0.3, -0.25) is 0 Å². The van der Waals surface area contributed by atoms with Crippen LogP contribution in [0, 0.1) is 0 Å². The van der Waals surface area contributed by atoms with Crippen LogP contribution in [0.15, 0.2) is 41.4 Å². The van der Waals surface area contributed by atoms with Crippen LogP contribution < -0.4 is 5.32 Å². The van der Waals surface area contributed by atoms with Crippen molar-refractivity contribution in [3.05, 3.63) is 58.3 Å². The summed E-state index contributed by atoms with van der Waals surface area (Å²) in [6, 6.07) is 7.25. The Morgan fingerprint density at radius 3 is 2.72 bits per heavy atom. The average Bonchev–Trinajstić information content (AvgIpc) is 2.99. The van der Waals surface area contributed by atoms with E-state index in [1.165, 1.54) is 0 Å². The van der Waals surface area contributed by atoms with Gasteiger partial charge in [0.2, 0.25) is 0 Å². The molecule has 130 valence electrons. The smallest absolute Gasteiger partial charge is 0.356 e. The minimum atomic E-state index is -1.10. The molecule has 2 N–H and O–H groups in total. The van der Waals surface area contributed by atoms with Gasteiger partial charge in [-0.05, 0) is 24.3 Å². The van der Waals surface area contributed by atoms with Crippen molar-refractivity contribution in [3.63, 3.8) is 0 Å². The lowest BCUT2D eigenvalue weighted by Crippen LogP contribution is -2.43. The lowest BCUT2D eigenvalue weighted by molar-refractivity contribution is 0.0687. The van der Waals surface area contributed by atoms with E-state index < -0.39 is 5.97 Å². The van der Waals surface area contributed by atoms with E-state index in [1.807, 2.05) is 24.3 Å². The van der Waals surface area contributed by atoms with Gasteiger partial charge in [0.1, 0.15) is 0 Å². The molecule has 1 aliphatic rings. The first-order chi connectivity index (χ1) is 12.0. The van der Waals surface area contributed by atoms with E-state index in [-0.39, 0.29) is 18.3 Å². The van der Waals surface area contributed by atoms with Crippen molar-refractivity contribution < 1.29 is 14.7 Å². The molecule has 2 amide bonds. The van der Waals surface area contributed by atoms with Crippen LogP contribution in [0.25, 0.3) is 5.69 Å². The third-order valence-corrected chi connectivity index (χ3v) is 4.54. The maximum Gasteiger partial charge on any atom is 0.356 e. The van der Waals surface area contributed by atoms with Crippen LogP contribution in [0.5, 0.6) is 0 Å². The van der Waals surface area contributed by atoms with Crippen molar-refractivity contribution in [2.75, 3.05) is 13.1 Å². The minimum absolute atomic E-state index is 0.0147. The Bertz CT molecular complexity index is 829. The molecule has 0 saturated heterocycles. The summed E-state index contributed by atoms with van der Waals surface area (Å²) in [7, 11) is 0. The van der Waals surface area contributed by atoms with Gasteiger partial charge < -0.3 is 15.3 Å². The Kier molecular flexibility index (Phi) is 4.89. The summed E-state index contributed by atoms with van der Waals surface area (Å²) in [5.74, 6) is -1.10. The molecule has 7 nitrogen and oxygen atoms in total. The maximum absolute atomic E-state index is 12.1. The monoisotopic (exact) mass is 404 g/mol. The zero-order valence-electron chi connectivity index (χ0n) is 13.4. The summed E-state index contributed by atoms with van der Waals surface area (Å²) >= 11 is 3.38. The van der Waals surface area contributed by atoms with Crippen molar-refractivity contribution in [1.82, 2.24) is 20.0 Å². The van der Waals surface area contributed by atoms with Gasteiger partial charge in [-0.1, -0.05) is 22.0 Å². The minimum Gasteiger partial charge on any atom is -0.476 e. The molecule has 0 unspecified atom stereocenters. The highest BCUT2D eigenvalue weighted by atomic mass is 79.9. The molecule has 25 heavy (non-hydrogen) atoms. The quantitative estimate of drug-likeness (QED) is 0.766. The Labute approximate surface area is 153 Å². The van der Waals surface area contributed by atoms with Crippen LogP contribution in [0.1, 0.15) is 21.7 Å². The maximum atomic E-state index is 12.1. The predicted molar refractivity (Wildman–Crippen MR) is 95.9 cm³/mol. The highest BCUT2D eigenvalue weighted by Gasteiger charge is 2.30. The fraction of sp³-hybridized carbons (Fsp3) is 0.235. The van der Waals surface area contributed by atoms with Crippen molar-refractivity contribution in [2.24, 2.45) is 0 Å². The zero-order valence-corrected chi connectivity index (χ0v) is 15.0. The standard InChI is InChI=1S/C17H17BrN4O3/c1-2-8-19-17(25)21-9-7-14-13(10-21)15(16(23)24)20-22(14)12-5-3-11(18)4-6-12/h2-6H,1,7-10H2,(H,19,25)(H,23,24). The number of urea groups is 1. The number of halogens is 1. The molecule has 3 rings (SSSR count). The lowest BCUT2D eigenvalue weighted by Gasteiger charge is -2.27. The van der Waals surface area contributed by atoms with Gasteiger partial charge in [0.15, 0.2) is 5.69 Å². The van der Waals surface area contributed by atoms with Crippen LogP contribution in [0.3, 0.4) is 0 Å². The number of amides is 2. The van der Waals surface area contributed by atoms with Gasteiger partial charge >= 0.3 is 12.0 Å². The molecule has 8 heteroatoms. The Morgan fingerprint density at radius 2 is 2.08 bits per heavy atom. The number of hydrogen-bond acceptors (Lipinski definition) is 3. The number of nitrogens with zero attached hydrogens (tertiary/aromatic N) is 3. The molecule has 1 aromatic heterocycles. The first-order valence-corrected chi connectivity index (χ1v) is 8.54. The van der Waals surface area contributed by atoms with E-state index in [0.717, 1.165) is 15.9 Å². The van der Waals surface area contributed by atoms with E-state index in [0.29, 0.717) is 25.1 Å². The first kappa shape index (κ1) is 17.2. The van der Waals surface area contributed by atoms with Gasteiger partial charge in [-0.25, -0.2) is 14.3 Å². The van der Waals surface area contributed by atoms with Crippen LogP contribution in [-0.2, 0) is 13.0 Å². The molecule has 0 spiro atoms. The molecule has 0 radical (unpaired) electrons. The molecule has 2 heterocycles. The zero-order chi connectivity index (χ0) is 18.0. The van der Waals surface area contributed by atoms with Gasteiger partial charge in [0.05, 0.1) is 17.9 Å². The molecular formula is C17H17BrN4O3. The fourth-order valence-electron chi connectivity index (χ4n) is 2.83. The predicted octanol–water partition coefficient (Wildman–Crippen LogP) is 2.59. The van der Waals surface area contributed by atoms with Crippen molar-refractivity contribution in [3.8, 4) is 5.69 Å². The van der Waals surface area contributed by atoms with Crippen LogP contribution in [-0.4, -0.2) is 44.9 Å². The lowest BCUT2D eigenvalue weighted by atomic mass is 10.1. The van der Waals surface area contributed by atoms with Gasteiger partial charge in [0.25, 0.3) is 0 Å². The molecule has 1 aromatic carbocycles. The van der Waals surface area contributed by atoms with Crippen LogP contribution in [0.2, 0.25) is 0 Å². The highest BCUT2D eigenvalue weighted by molar-refractivity contribution is 9.10. The summed E-state index contributed by atoms with van der Waals surface area (Å²) in [5.41, 5.74) is 2.18. The molecule has 1 aliphatic heterocycles. The van der Waals surface area contributed by atoms with E-state index in [2.05, 4.69) is 32.9 Å². The number of hydrogen-bond donors (Lipinski definition) is 2. The number of rotatable bonds is 4. The number of carbonyl (C=O) groups excluding carboxylic acids is 1. The number of aromatic nitrogens is 2. The van der Waals surface area contributed by atoms with E-state index in [9.17, 15) is 14.7 Å². The normalized spacial score (nSPS) is 13.2. The SMILES string of the molecule is C=CCNC(=O)N1CCc2c(c(C(=O)O)nn2-c2ccc(Br)cc2)C1. The molecule has 0 bridgehead atoms. The van der Waals surface area contributed by atoms with E-state index in [1.54, 1.807) is 15.7 Å². The third-order valence-electron chi connectivity index (χ3n) is 4.02. The van der Waals surface area contributed by atoms with Gasteiger partial charge in [0, 0.05) is 29.5 Å². The Morgan fingerprint density at radius 1 is 1.36 bits per heavy atom. The van der Waals surface area contributed by atoms with E-state index >= 15 is 0 Å². The molecule has 0 saturated carbocycles. The topological polar surface area (TPSA) is 87.5 Å². The number of carboxylic acids is 1. The first-order valence-electron chi connectivity index (χ1n) is 7.75. The summed E-state index contributed by atoms with van der Waals surface area (Å²) in [6.07, 6.45) is 2.13. The summed E-state index contributed by atoms with van der Waals surface area (Å²) in [5, 5.41) is 16.5. The van der Waals surface area contributed by atoms with E-state index in [4.69, 9.17) is 0 Å². The second-order valence-corrected chi connectivity index (χ2v) is 6.53. The summed E-state index contributed by atoms with van der Waals surface area (Å²) < 4.78 is 2.59. The summed E-state index contributed by atoms with van der Waals surface area (Å²) in [6.45, 7) is 4.65. The number of carboxylic acid groups (broad SMARTS) is 1. The van der Waals surface area contributed by atoms with Crippen molar-refractivity contribution in [1.29, 1.82) is 0 Å². The summed E-state index contributed by atoms with van der Waals surface area (Å²) in [4.78, 5) is 25.3. The average molecular weight is 405 g/mol. The Hall–Kier alpha value is -2.61. The van der Waals surface area contributed by atoms with Crippen LogP contribution >= 0.6 is 15.9 Å². The van der Waals surface area contributed by atoms with Crippen molar-refractivity contribution in [2.45, 2.75) is 13.0 Å². The number of aromatic carboxylic acids is 1. The number of carbonyl (C=O) groups is 2. The number of benzene rings is 1.